The molecule has 1 aliphatic carbocycles. The van der Waals surface area contributed by atoms with Gasteiger partial charge in [-0.2, -0.15) is 0 Å². The SMILES string of the molecule is C[C@H](NC(=O)Cc1ccc(OC(F)(F)F)cc1)C(=O)N(CCNc1ccc(F)cc1)C1CCCCC1. The Balaban J connectivity index is 1.55. The summed E-state index contributed by atoms with van der Waals surface area (Å²) in [6.45, 7) is 2.53. The third kappa shape index (κ3) is 8.73. The van der Waals surface area contributed by atoms with Gasteiger partial charge >= 0.3 is 6.36 Å². The summed E-state index contributed by atoms with van der Waals surface area (Å²) in [4.78, 5) is 27.6. The van der Waals surface area contributed by atoms with Gasteiger partial charge in [-0.3, -0.25) is 9.59 Å². The van der Waals surface area contributed by atoms with E-state index in [0.717, 1.165) is 49.9 Å². The zero-order chi connectivity index (χ0) is 26.1. The number of amides is 2. The first-order chi connectivity index (χ1) is 17.1. The number of carbonyl (C=O) groups excluding carboxylic acids is 2. The minimum Gasteiger partial charge on any atom is -0.406 e. The maximum Gasteiger partial charge on any atom is 0.573 e. The molecule has 2 amide bonds. The number of halogens is 4. The largest absolute Gasteiger partial charge is 0.573 e. The molecule has 196 valence electrons. The van der Waals surface area contributed by atoms with E-state index in [1.165, 1.54) is 24.3 Å². The summed E-state index contributed by atoms with van der Waals surface area (Å²) in [7, 11) is 0. The Morgan fingerprint density at radius 3 is 2.28 bits per heavy atom. The number of hydrogen-bond donors (Lipinski definition) is 2. The van der Waals surface area contributed by atoms with Crippen molar-refractivity contribution in [2.75, 3.05) is 18.4 Å². The fourth-order valence-corrected chi connectivity index (χ4v) is 4.35. The Hall–Kier alpha value is -3.30. The number of anilines is 1. The van der Waals surface area contributed by atoms with Gasteiger partial charge in [0, 0.05) is 24.8 Å². The van der Waals surface area contributed by atoms with Crippen molar-refractivity contribution in [3.8, 4) is 5.75 Å². The van der Waals surface area contributed by atoms with E-state index in [4.69, 9.17) is 0 Å². The summed E-state index contributed by atoms with van der Waals surface area (Å²) in [6.07, 6.45) is 0.131. The molecule has 0 spiro atoms. The zero-order valence-electron chi connectivity index (χ0n) is 20.1. The van der Waals surface area contributed by atoms with Crippen molar-refractivity contribution >= 4 is 17.5 Å². The van der Waals surface area contributed by atoms with E-state index >= 15 is 0 Å². The average molecular weight is 510 g/mol. The van der Waals surface area contributed by atoms with Crippen LogP contribution in [0.5, 0.6) is 5.75 Å². The standard InChI is InChI=1S/C26H31F4N3O3/c1-18(32-24(34)17-19-7-13-23(14-8-19)36-26(28,29)30)25(35)33(22-5-3-2-4-6-22)16-15-31-21-11-9-20(27)10-12-21/h7-14,18,22,31H,2-6,15-17H2,1H3,(H,32,34)/t18-/m0/s1. The van der Waals surface area contributed by atoms with Crippen LogP contribution in [-0.4, -0.2) is 48.2 Å². The fourth-order valence-electron chi connectivity index (χ4n) is 4.35. The van der Waals surface area contributed by atoms with Crippen LogP contribution in [0.1, 0.15) is 44.6 Å². The lowest BCUT2D eigenvalue weighted by Crippen LogP contribution is -2.52. The Labute approximate surface area is 208 Å². The van der Waals surface area contributed by atoms with Gasteiger partial charge < -0.3 is 20.3 Å². The minimum atomic E-state index is -4.78. The number of carbonyl (C=O) groups is 2. The fraction of sp³-hybridized carbons (Fsp3) is 0.462. The normalized spacial score (nSPS) is 15.1. The molecule has 1 atom stereocenters. The van der Waals surface area contributed by atoms with Gasteiger partial charge in [0.2, 0.25) is 11.8 Å². The maximum absolute atomic E-state index is 13.3. The average Bonchev–Trinajstić information content (AvgIpc) is 2.83. The molecule has 10 heteroatoms. The summed E-state index contributed by atoms with van der Waals surface area (Å²) in [6, 6.07) is 10.3. The van der Waals surface area contributed by atoms with Crippen molar-refractivity contribution in [1.29, 1.82) is 0 Å². The summed E-state index contributed by atoms with van der Waals surface area (Å²) in [5.74, 6) is -1.29. The molecule has 0 unspecified atom stereocenters. The molecule has 0 aromatic heterocycles. The lowest BCUT2D eigenvalue weighted by Gasteiger charge is -2.36. The molecule has 1 saturated carbocycles. The second-order valence-corrected chi connectivity index (χ2v) is 8.91. The number of benzene rings is 2. The van der Waals surface area contributed by atoms with Crippen LogP contribution in [0.2, 0.25) is 0 Å². The molecule has 0 bridgehead atoms. The first kappa shape index (κ1) is 27.3. The lowest BCUT2D eigenvalue weighted by atomic mass is 9.93. The number of rotatable bonds is 10. The van der Waals surface area contributed by atoms with E-state index in [-0.39, 0.29) is 29.9 Å². The van der Waals surface area contributed by atoms with Crippen LogP contribution in [-0.2, 0) is 16.0 Å². The van der Waals surface area contributed by atoms with Gasteiger partial charge in [0.25, 0.3) is 0 Å². The van der Waals surface area contributed by atoms with Crippen LogP contribution in [0.4, 0.5) is 23.2 Å². The molecule has 3 rings (SSSR count). The molecule has 2 aromatic rings. The van der Waals surface area contributed by atoms with E-state index < -0.39 is 18.3 Å². The van der Waals surface area contributed by atoms with Gasteiger partial charge in [0.1, 0.15) is 17.6 Å². The summed E-state index contributed by atoms with van der Waals surface area (Å²) in [5.41, 5.74) is 1.25. The van der Waals surface area contributed by atoms with Crippen molar-refractivity contribution in [2.45, 2.75) is 63.9 Å². The van der Waals surface area contributed by atoms with Crippen molar-refractivity contribution in [2.24, 2.45) is 0 Å². The molecule has 0 radical (unpaired) electrons. The molecule has 1 fully saturated rings. The second kappa shape index (κ2) is 12.6. The molecular formula is C26H31F4N3O3. The molecule has 0 aliphatic heterocycles. The van der Waals surface area contributed by atoms with Crippen molar-refractivity contribution in [3.05, 3.63) is 59.9 Å². The highest BCUT2D eigenvalue weighted by Gasteiger charge is 2.31. The monoisotopic (exact) mass is 509 g/mol. The summed E-state index contributed by atoms with van der Waals surface area (Å²) < 4.78 is 53.9. The Morgan fingerprint density at radius 1 is 1.03 bits per heavy atom. The molecule has 2 aromatic carbocycles. The maximum atomic E-state index is 13.3. The Morgan fingerprint density at radius 2 is 1.67 bits per heavy atom. The third-order valence-electron chi connectivity index (χ3n) is 6.09. The van der Waals surface area contributed by atoms with Gasteiger partial charge in [-0.15, -0.1) is 13.2 Å². The van der Waals surface area contributed by atoms with Crippen LogP contribution in [0.15, 0.2) is 48.5 Å². The van der Waals surface area contributed by atoms with E-state index in [2.05, 4.69) is 15.4 Å². The smallest absolute Gasteiger partial charge is 0.406 e. The third-order valence-corrected chi connectivity index (χ3v) is 6.09. The molecule has 0 heterocycles. The van der Waals surface area contributed by atoms with Gasteiger partial charge in [-0.25, -0.2) is 4.39 Å². The number of alkyl halides is 3. The molecular weight excluding hydrogens is 478 g/mol. The van der Waals surface area contributed by atoms with E-state index in [0.29, 0.717) is 18.7 Å². The van der Waals surface area contributed by atoms with Gasteiger partial charge in [-0.05, 0) is 61.7 Å². The zero-order valence-corrected chi connectivity index (χ0v) is 20.1. The van der Waals surface area contributed by atoms with Crippen molar-refractivity contribution in [1.82, 2.24) is 10.2 Å². The Kier molecular flexibility index (Phi) is 9.55. The van der Waals surface area contributed by atoms with Crippen molar-refractivity contribution < 1.29 is 31.9 Å². The van der Waals surface area contributed by atoms with E-state index in [1.807, 2.05) is 4.90 Å². The van der Waals surface area contributed by atoms with Crippen molar-refractivity contribution in [3.63, 3.8) is 0 Å². The van der Waals surface area contributed by atoms with Crippen LogP contribution in [0.3, 0.4) is 0 Å². The molecule has 6 nitrogen and oxygen atoms in total. The number of ether oxygens (including phenoxy) is 1. The van der Waals surface area contributed by atoms with Gasteiger partial charge in [0.05, 0.1) is 6.42 Å². The molecule has 36 heavy (non-hydrogen) atoms. The minimum absolute atomic E-state index is 0.0839. The highest BCUT2D eigenvalue weighted by Crippen LogP contribution is 2.24. The van der Waals surface area contributed by atoms with Gasteiger partial charge in [-0.1, -0.05) is 31.4 Å². The van der Waals surface area contributed by atoms with E-state index in [9.17, 15) is 27.2 Å². The first-order valence-electron chi connectivity index (χ1n) is 12.0. The number of hydrogen-bond acceptors (Lipinski definition) is 4. The topological polar surface area (TPSA) is 70.7 Å². The number of nitrogens with one attached hydrogen (secondary N) is 2. The van der Waals surface area contributed by atoms with Crippen LogP contribution >= 0.6 is 0 Å². The predicted octanol–water partition coefficient (Wildman–Crippen LogP) is 5.04. The molecule has 0 saturated heterocycles. The van der Waals surface area contributed by atoms with Crippen LogP contribution < -0.4 is 15.4 Å². The van der Waals surface area contributed by atoms with Crippen LogP contribution in [0, 0.1) is 5.82 Å². The molecule has 1 aliphatic rings. The first-order valence-corrected chi connectivity index (χ1v) is 12.0. The lowest BCUT2D eigenvalue weighted by molar-refractivity contribution is -0.274. The van der Waals surface area contributed by atoms with Crippen LogP contribution in [0.25, 0.3) is 0 Å². The summed E-state index contributed by atoms with van der Waals surface area (Å²) >= 11 is 0. The predicted molar refractivity (Wildman–Crippen MR) is 128 cm³/mol. The summed E-state index contributed by atoms with van der Waals surface area (Å²) in [5, 5.41) is 5.91. The van der Waals surface area contributed by atoms with Gasteiger partial charge in [0.15, 0.2) is 0 Å². The molecule has 2 N–H and O–H groups in total. The second-order valence-electron chi connectivity index (χ2n) is 8.91. The van der Waals surface area contributed by atoms with E-state index in [1.54, 1.807) is 19.1 Å². The number of nitrogens with zero attached hydrogens (tertiary/aromatic N) is 1. The quantitative estimate of drug-likeness (QED) is 0.440. The highest BCUT2D eigenvalue weighted by atomic mass is 19.4. The Bertz CT molecular complexity index is 991. The highest BCUT2D eigenvalue weighted by molar-refractivity contribution is 5.88.